The second kappa shape index (κ2) is 6.82. The van der Waals surface area contributed by atoms with Crippen LogP contribution in [0.2, 0.25) is 0 Å². The maximum absolute atomic E-state index is 13.5. The summed E-state index contributed by atoms with van der Waals surface area (Å²) in [5, 5.41) is 7.61. The van der Waals surface area contributed by atoms with Crippen molar-refractivity contribution < 1.29 is 80.1 Å². The fourth-order valence-corrected chi connectivity index (χ4v) is 1.04. The van der Waals surface area contributed by atoms with E-state index in [2.05, 4.69) is 0 Å². The Kier molecular flexibility index (Phi) is 6.34. The van der Waals surface area contributed by atoms with Gasteiger partial charge in [-0.3, -0.25) is 14.3 Å². The summed E-state index contributed by atoms with van der Waals surface area (Å²) < 4.78 is 192. The van der Waals surface area contributed by atoms with E-state index >= 15 is 0 Å². The molecule has 0 aromatic rings. The van der Waals surface area contributed by atoms with E-state index in [0.29, 0.717) is 0 Å². The molecule has 0 aromatic carbocycles. The SMILES string of the molecule is N#CC(F)(F)C(F)(F)OC(F)(C(F)(F)F)C(F)(F)OC(F)(C(=O)F)C(F)(F)F. The van der Waals surface area contributed by atoms with Crippen molar-refractivity contribution in [3.8, 4) is 6.07 Å². The summed E-state index contributed by atoms with van der Waals surface area (Å²) in [5.41, 5.74) is 0. The molecule has 0 fully saturated rings. The molecule has 0 aromatic heterocycles. The van der Waals surface area contributed by atoms with Gasteiger partial charge in [0.25, 0.3) is 0 Å². The number of alkyl halides is 14. The smallest absolute Gasteiger partial charge is 0.262 e. The molecular formula is C9F15NO3. The molecule has 28 heavy (non-hydrogen) atoms. The van der Waals surface area contributed by atoms with Crippen LogP contribution in [0.4, 0.5) is 65.9 Å². The highest BCUT2D eigenvalue weighted by Gasteiger charge is 2.83. The van der Waals surface area contributed by atoms with Crippen molar-refractivity contribution in [2.45, 2.75) is 42.2 Å². The van der Waals surface area contributed by atoms with Gasteiger partial charge < -0.3 is 0 Å². The molecule has 0 saturated heterocycles. The number of carbonyl (C=O) groups excluding carboxylic acids is 1. The Morgan fingerprint density at radius 3 is 1.32 bits per heavy atom. The number of nitriles is 1. The Morgan fingerprint density at radius 2 is 1.07 bits per heavy atom. The molecule has 0 amide bonds. The van der Waals surface area contributed by atoms with Crippen LogP contribution in [0.25, 0.3) is 0 Å². The van der Waals surface area contributed by atoms with Crippen LogP contribution in [-0.2, 0) is 14.3 Å². The topological polar surface area (TPSA) is 59.3 Å². The Bertz CT molecular complexity index is 649. The summed E-state index contributed by atoms with van der Waals surface area (Å²) in [6.07, 6.45) is -29.9. The van der Waals surface area contributed by atoms with E-state index < -0.39 is 54.3 Å². The van der Waals surface area contributed by atoms with E-state index in [0.717, 1.165) is 0 Å². The summed E-state index contributed by atoms with van der Waals surface area (Å²) in [4.78, 5) is 9.88. The molecule has 0 heterocycles. The van der Waals surface area contributed by atoms with E-state index in [4.69, 9.17) is 5.26 Å². The molecule has 0 N–H and O–H groups in total. The maximum atomic E-state index is 13.5. The van der Waals surface area contributed by atoms with Crippen molar-refractivity contribution in [3.63, 3.8) is 0 Å². The predicted molar refractivity (Wildman–Crippen MR) is 48.5 cm³/mol. The van der Waals surface area contributed by atoms with Crippen LogP contribution in [-0.4, -0.2) is 48.2 Å². The molecule has 0 spiro atoms. The van der Waals surface area contributed by atoms with Crippen LogP contribution in [0.1, 0.15) is 0 Å². The van der Waals surface area contributed by atoms with Gasteiger partial charge in [-0.2, -0.15) is 71.1 Å². The van der Waals surface area contributed by atoms with Crippen molar-refractivity contribution in [3.05, 3.63) is 0 Å². The highest BCUT2D eigenvalue weighted by atomic mass is 19.4. The average molecular weight is 455 g/mol. The number of carbonyl (C=O) groups is 1. The zero-order valence-corrected chi connectivity index (χ0v) is 11.8. The standard InChI is InChI=1S/C9F15NO3/c10-2(26)4(13,6(15,16)17)27-9(23,24)5(14,7(18,19)20)28-8(21,22)3(11,12)1-25. The van der Waals surface area contributed by atoms with E-state index in [1.807, 2.05) is 0 Å². The van der Waals surface area contributed by atoms with Gasteiger partial charge in [0.05, 0.1) is 0 Å². The second-order valence-electron chi connectivity index (χ2n) is 4.38. The number of hydrogen-bond acceptors (Lipinski definition) is 4. The number of hydrogen-bond donors (Lipinski definition) is 0. The highest BCUT2D eigenvalue weighted by Crippen LogP contribution is 2.54. The fourth-order valence-electron chi connectivity index (χ4n) is 1.04. The Hall–Kier alpha value is -1.97. The molecule has 0 radical (unpaired) electrons. The van der Waals surface area contributed by atoms with Gasteiger partial charge in [0.1, 0.15) is 6.07 Å². The Morgan fingerprint density at radius 1 is 0.679 bits per heavy atom. The molecule has 0 aliphatic carbocycles. The van der Waals surface area contributed by atoms with Crippen molar-refractivity contribution >= 4 is 6.04 Å². The van der Waals surface area contributed by atoms with Crippen LogP contribution >= 0.6 is 0 Å². The zero-order valence-electron chi connectivity index (χ0n) is 11.8. The number of ether oxygens (including phenoxy) is 2. The van der Waals surface area contributed by atoms with Crippen LogP contribution in [0.15, 0.2) is 0 Å². The van der Waals surface area contributed by atoms with Gasteiger partial charge in [-0.05, 0) is 0 Å². The van der Waals surface area contributed by atoms with E-state index in [-0.39, 0.29) is 0 Å². The third-order valence-corrected chi connectivity index (χ3v) is 2.40. The number of halogens is 15. The normalized spacial score (nSPS) is 18.8. The molecule has 2 atom stereocenters. The lowest BCUT2D eigenvalue weighted by Crippen LogP contribution is -2.66. The minimum atomic E-state index is -7.76. The molecule has 0 aliphatic rings. The molecule has 164 valence electrons. The molecule has 0 saturated carbocycles. The van der Waals surface area contributed by atoms with Crippen molar-refractivity contribution in [2.75, 3.05) is 0 Å². The van der Waals surface area contributed by atoms with Crippen molar-refractivity contribution in [1.29, 1.82) is 5.26 Å². The molecule has 0 rings (SSSR count). The highest BCUT2D eigenvalue weighted by molar-refractivity contribution is 5.77. The van der Waals surface area contributed by atoms with Gasteiger partial charge in [0.2, 0.25) is 0 Å². The van der Waals surface area contributed by atoms with E-state index in [1.54, 1.807) is 0 Å². The summed E-state index contributed by atoms with van der Waals surface area (Å²) in [7, 11) is 0. The van der Waals surface area contributed by atoms with Crippen molar-refractivity contribution in [2.24, 2.45) is 0 Å². The van der Waals surface area contributed by atoms with Gasteiger partial charge in [0, 0.05) is 0 Å². The lowest BCUT2D eigenvalue weighted by Gasteiger charge is -2.38. The summed E-state index contributed by atoms with van der Waals surface area (Å²) in [6, 6.07) is -5.45. The summed E-state index contributed by atoms with van der Waals surface area (Å²) in [6.45, 7) is 0. The van der Waals surface area contributed by atoms with Gasteiger partial charge in [-0.15, -0.1) is 0 Å². The van der Waals surface area contributed by atoms with Crippen LogP contribution in [0.5, 0.6) is 0 Å². The Labute approximate surface area is 141 Å². The first kappa shape index (κ1) is 26.0. The first-order chi connectivity index (χ1) is 11.9. The molecular weight excluding hydrogens is 455 g/mol. The second-order valence-corrected chi connectivity index (χ2v) is 4.38. The lowest BCUT2D eigenvalue weighted by atomic mass is 10.2. The first-order valence-corrected chi connectivity index (χ1v) is 5.58. The quantitative estimate of drug-likeness (QED) is 0.424. The minimum absolute atomic E-state index is 0.798. The zero-order chi connectivity index (χ0) is 23.2. The summed E-state index contributed by atoms with van der Waals surface area (Å²) >= 11 is 0. The average Bonchev–Trinajstić information content (AvgIpc) is 2.43. The third kappa shape index (κ3) is 4.21. The van der Waals surface area contributed by atoms with Gasteiger partial charge >= 0.3 is 48.2 Å². The third-order valence-electron chi connectivity index (χ3n) is 2.40. The van der Waals surface area contributed by atoms with E-state index in [9.17, 15) is 70.7 Å². The Balaban J connectivity index is 6.51. The fraction of sp³-hybridized carbons (Fsp3) is 0.778. The van der Waals surface area contributed by atoms with Gasteiger partial charge in [0.15, 0.2) is 0 Å². The number of nitrogens with zero attached hydrogens (tertiary/aromatic N) is 1. The van der Waals surface area contributed by atoms with Crippen LogP contribution in [0.3, 0.4) is 0 Å². The first-order valence-electron chi connectivity index (χ1n) is 5.58. The van der Waals surface area contributed by atoms with Crippen LogP contribution < -0.4 is 0 Å². The minimum Gasteiger partial charge on any atom is -0.262 e. The van der Waals surface area contributed by atoms with Crippen molar-refractivity contribution in [1.82, 2.24) is 0 Å². The number of rotatable bonds is 7. The molecule has 19 heteroatoms. The van der Waals surface area contributed by atoms with Gasteiger partial charge in [-0.1, -0.05) is 0 Å². The van der Waals surface area contributed by atoms with Crippen LogP contribution in [0, 0.1) is 11.3 Å². The molecule has 0 aliphatic heterocycles. The maximum Gasteiger partial charge on any atom is 0.459 e. The lowest BCUT2D eigenvalue weighted by molar-refractivity contribution is -0.535. The molecule has 2 unspecified atom stereocenters. The largest absolute Gasteiger partial charge is 0.459 e. The monoisotopic (exact) mass is 455 g/mol. The summed E-state index contributed by atoms with van der Waals surface area (Å²) in [5.74, 6) is -21.3. The van der Waals surface area contributed by atoms with Gasteiger partial charge in [-0.25, -0.2) is 0 Å². The predicted octanol–water partition coefficient (Wildman–Crippen LogP) is 4.32. The molecule has 4 nitrogen and oxygen atoms in total. The molecule has 0 bridgehead atoms. The van der Waals surface area contributed by atoms with E-state index in [1.165, 1.54) is 9.47 Å².